The lowest BCUT2D eigenvalue weighted by atomic mass is 10.1. The monoisotopic (exact) mass is 464 g/mol. The molecule has 2 heterocycles. The van der Waals surface area contributed by atoms with Crippen molar-refractivity contribution in [2.75, 3.05) is 26.0 Å². The number of rotatable bonds is 8. The molecule has 9 heteroatoms. The maximum Gasteiger partial charge on any atom is 0.419 e. The Bertz CT molecular complexity index is 1320. The van der Waals surface area contributed by atoms with Crippen molar-refractivity contribution in [1.29, 1.82) is 0 Å². The van der Waals surface area contributed by atoms with Crippen molar-refractivity contribution in [3.63, 3.8) is 0 Å². The molecular weight excluding hydrogens is 440 g/mol. The minimum atomic E-state index is -0.419. The molecule has 0 radical (unpaired) electrons. The van der Waals surface area contributed by atoms with E-state index in [1.54, 1.807) is 41.0 Å². The van der Waals surface area contributed by atoms with E-state index in [4.69, 9.17) is 4.42 Å². The zero-order chi connectivity index (χ0) is 23.4. The van der Waals surface area contributed by atoms with E-state index in [1.807, 2.05) is 42.6 Å². The molecule has 0 saturated heterocycles. The lowest BCUT2D eigenvalue weighted by Gasteiger charge is -2.10. The van der Waals surface area contributed by atoms with Crippen molar-refractivity contribution in [1.82, 2.24) is 14.8 Å². The molecule has 0 aliphatic heterocycles. The van der Waals surface area contributed by atoms with Crippen molar-refractivity contribution >= 4 is 39.9 Å². The fraction of sp³-hybridized carbons (Fsp3) is 0.208. The first-order valence-corrected chi connectivity index (χ1v) is 11.3. The minimum absolute atomic E-state index is 0.120. The lowest BCUT2D eigenvalue weighted by Crippen LogP contribution is -2.23. The average Bonchev–Trinajstić information content (AvgIpc) is 3.44. The van der Waals surface area contributed by atoms with Crippen LogP contribution in [-0.2, 0) is 13.1 Å². The Hall–Kier alpha value is -3.69. The van der Waals surface area contributed by atoms with Crippen molar-refractivity contribution in [2.24, 2.45) is 0 Å². The molecule has 0 atom stereocenters. The Labute approximate surface area is 194 Å². The van der Waals surface area contributed by atoms with E-state index in [0.717, 1.165) is 5.56 Å². The second kappa shape index (κ2) is 9.85. The van der Waals surface area contributed by atoms with Crippen molar-refractivity contribution < 1.29 is 14.0 Å². The van der Waals surface area contributed by atoms with Gasteiger partial charge in [-0.2, -0.15) is 0 Å². The van der Waals surface area contributed by atoms with Crippen LogP contribution in [0.25, 0.3) is 11.1 Å². The van der Waals surface area contributed by atoms with E-state index in [1.165, 1.54) is 11.3 Å². The molecule has 4 rings (SSSR count). The number of hydrogen-bond donors (Lipinski definition) is 2. The molecule has 4 aromatic rings. The molecule has 0 saturated carbocycles. The quantitative estimate of drug-likeness (QED) is 0.417. The van der Waals surface area contributed by atoms with Crippen LogP contribution in [0.4, 0.5) is 5.69 Å². The van der Waals surface area contributed by atoms with Gasteiger partial charge in [-0.25, -0.2) is 4.79 Å². The zero-order valence-electron chi connectivity index (χ0n) is 18.3. The topological polar surface area (TPSA) is 96.6 Å². The Morgan fingerprint density at radius 3 is 2.55 bits per heavy atom. The van der Waals surface area contributed by atoms with Gasteiger partial charge in [0.2, 0.25) is 0 Å². The molecule has 33 heavy (non-hydrogen) atoms. The number of thiophene rings is 1. The summed E-state index contributed by atoms with van der Waals surface area (Å²) < 4.78 is 6.86. The van der Waals surface area contributed by atoms with Gasteiger partial charge in [-0.1, -0.05) is 18.2 Å². The highest BCUT2D eigenvalue weighted by atomic mass is 32.1. The van der Waals surface area contributed by atoms with Gasteiger partial charge in [-0.15, -0.1) is 11.3 Å². The van der Waals surface area contributed by atoms with E-state index in [0.29, 0.717) is 46.9 Å². The van der Waals surface area contributed by atoms with Gasteiger partial charge in [0.15, 0.2) is 5.58 Å². The van der Waals surface area contributed by atoms with Gasteiger partial charge in [0.1, 0.15) is 0 Å². The summed E-state index contributed by atoms with van der Waals surface area (Å²) in [6, 6.07) is 15.8. The summed E-state index contributed by atoms with van der Waals surface area (Å²) in [7, 11) is 3.86. The molecule has 2 amide bonds. The molecule has 0 aliphatic carbocycles. The smallest absolute Gasteiger partial charge is 0.408 e. The highest BCUT2D eigenvalue weighted by molar-refractivity contribution is 7.12. The first-order chi connectivity index (χ1) is 15.9. The number of nitrogens with zero attached hydrogens (tertiary/aromatic N) is 2. The van der Waals surface area contributed by atoms with Crippen LogP contribution >= 0.6 is 11.3 Å². The standard InChI is InChI=1S/C24H24N4O4S/c1-27(2)11-12-28-19-14-18(9-10-20(19)32-24(28)31)26-22(29)17-7-5-16(6-8-17)15-25-23(30)21-4-3-13-33-21/h3-10,13-14H,11-12,15H2,1-2H3,(H,25,30)(H,26,29). The van der Waals surface area contributed by atoms with Gasteiger partial charge in [0.05, 0.1) is 10.4 Å². The number of aromatic nitrogens is 1. The summed E-state index contributed by atoms with van der Waals surface area (Å²) in [5.41, 5.74) is 3.06. The van der Waals surface area contributed by atoms with Crippen LogP contribution in [0.1, 0.15) is 25.6 Å². The van der Waals surface area contributed by atoms with Gasteiger partial charge >= 0.3 is 5.76 Å². The maximum absolute atomic E-state index is 12.7. The van der Waals surface area contributed by atoms with Crippen LogP contribution in [0.15, 0.2) is 69.2 Å². The average molecular weight is 465 g/mol. The number of likely N-dealkylation sites (N-methyl/N-ethyl adjacent to an activating group) is 1. The van der Waals surface area contributed by atoms with Crippen molar-refractivity contribution in [2.45, 2.75) is 13.1 Å². The Balaban J connectivity index is 1.41. The van der Waals surface area contributed by atoms with Crippen LogP contribution in [0.2, 0.25) is 0 Å². The molecule has 0 unspecified atom stereocenters. The number of hydrogen-bond acceptors (Lipinski definition) is 6. The van der Waals surface area contributed by atoms with Gasteiger partial charge in [-0.3, -0.25) is 14.2 Å². The van der Waals surface area contributed by atoms with Crippen molar-refractivity contribution in [3.05, 3.63) is 86.5 Å². The Morgan fingerprint density at radius 2 is 1.85 bits per heavy atom. The van der Waals surface area contributed by atoms with E-state index >= 15 is 0 Å². The zero-order valence-corrected chi connectivity index (χ0v) is 19.1. The number of oxazole rings is 1. The molecule has 0 bridgehead atoms. The maximum atomic E-state index is 12.7. The number of nitrogens with one attached hydrogen (secondary N) is 2. The second-order valence-electron chi connectivity index (χ2n) is 7.82. The van der Waals surface area contributed by atoms with E-state index < -0.39 is 5.76 Å². The van der Waals surface area contributed by atoms with Gasteiger partial charge < -0.3 is 20.0 Å². The predicted molar refractivity (Wildman–Crippen MR) is 129 cm³/mol. The number of amides is 2. The lowest BCUT2D eigenvalue weighted by molar-refractivity contribution is 0.0953. The first kappa shape index (κ1) is 22.5. The SMILES string of the molecule is CN(C)CCn1c(=O)oc2ccc(NC(=O)c3ccc(CNC(=O)c4cccs4)cc3)cc21. The molecular formula is C24H24N4O4S. The highest BCUT2D eigenvalue weighted by Gasteiger charge is 2.12. The molecule has 170 valence electrons. The first-order valence-electron chi connectivity index (χ1n) is 10.4. The summed E-state index contributed by atoms with van der Waals surface area (Å²) in [5.74, 6) is -0.809. The summed E-state index contributed by atoms with van der Waals surface area (Å²) in [4.78, 5) is 39.6. The largest absolute Gasteiger partial charge is 0.419 e. The van der Waals surface area contributed by atoms with Crippen LogP contribution in [0, 0.1) is 0 Å². The fourth-order valence-corrected chi connectivity index (χ4v) is 3.95. The van der Waals surface area contributed by atoms with Gasteiger partial charge in [0, 0.05) is 30.9 Å². The summed E-state index contributed by atoms with van der Waals surface area (Å²) in [5, 5.41) is 7.58. The third kappa shape index (κ3) is 5.39. The minimum Gasteiger partial charge on any atom is -0.408 e. The molecule has 2 N–H and O–H groups in total. The number of benzene rings is 2. The fourth-order valence-electron chi connectivity index (χ4n) is 3.31. The predicted octanol–water partition coefficient (Wildman–Crippen LogP) is 3.40. The third-order valence-corrected chi connectivity index (χ3v) is 5.98. The number of anilines is 1. The summed E-state index contributed by atoms with van der Waals surface area (Å²) in [6.45, 7) is 1.55. The molecule has 2 aromatic heterocycles. The Kier molecular flexibility index (Phi) is 6.71. The molecule has 0 aliphatic rings. The summed E-state index contributed by atoms with van der Waals surface area (Å²) in [6.07, 6.45) is 0. The van der Waals surface area contributed by atoms with Crippen LogP contribution in [-0.4, -0.2) is 41.9 Å². The van der Waals surface area contributed by atoms with E-state index in [-0.39, 0.29) is 11.8 Å². The van der Waals surface area contributed by atoms with Crippen LogP contribution in [0.5, 0.6) is 0 Å². The normalized spacial score (nSPS) is 11.1. The van der Waals surface area contributed by atoms with Gasteiger partial charge in [-0.05, 0) is 61.4 Å². The molecule has 0 fully saturated rings. The molecule has 0 spiro atoms. The number of fused-ring (bicyclic) bond motifs is 1. The van der Waals surface area contributed by atoms with E-state index in [9.17, 15) is 14.4 Å². The Morgan fingerprint density at radius 1 is 1.06 bits per heavy atom. The summed E-state index contributed by atoms with van der Waals surface area (Å²) >= 11 is 1.39. The van der Waals surface area contributed by atoms with Crippen LogP contribution < -0.4 is 16.4 Å². The molecule has 8 nitrogen and oxygen atoms in total. The van der Waals surface area contributed by atoms with Gasteiger partial charge in [0.25, 0.3) is 11.8 Å². The molecule has 2 aromatic carbocycles. The van der Waals surface area contributed by atoms with Crippen LogP contribution in [0.3, 0.4) is 0 Å². The number of carbonyl (C=O) groups is 2. The second-order valence-corrected chi connectivity index (χ2v) is 8.76. The van der Waals surface area contributed by atoms with Crippen molar-refractivity contribution in [3.8, 4) is 0 Å². The number of carbonyl (C=O) groups excluding carboxylic acids is 2. The highest BCUT2D eigenvalue weighted by Crippen LogP contribution is 2.19. The third-order valence-electron chi connectivity index (χ3n) is 5.11. The van der Waals surface area contributed by atoms with E-state index in [2.05, 4.69) is 10.6 Å².